The monoisotopic (exact) mass is 144 g/mol. The first-order valence-corrected chi connectivity index (χ1v) is 3.70. The molecule has 2 nitrogen and oxygen atoms in total. The molecule has 0 atom stereocenters. The van der Waals surface area contributed by atoms with Crippen molar-refractivity contribution in [2.24, 2.45) is 0 Å². The lowest BCUT2D eigenvalue weighted by molar-refractivity contribution is 0.502. The van der Waals surface area contributed by atoms with E-state index in [1.807, 2.05) is 7.05 Å². The van der Waals surface area contributed by atoms with Gasteiger partial charge in [-0.05, 0) is 25.1 Å². The molecule has 0 aromatic rings. The van der Waals surface area contributed by atoms with Crippen LogP contribution in [0.3, 0.4) is 0 Å². The van der Waals surface area contributed by atoms with Gasteiger partial charge in [0.2, 0.25) is 0 Å². The van der Waals surface area contributed by atoms with E-state index in [-0.39, 0.29) is 0 Å². The third kappa shape index (κ3) is 1.82. The van der Waals surface area contributed by atoms with E-state index < -0.39 is 0 Å². The van der Waals surface area contributed by atoms with E-state index >= 15 is 0 Å². The molecule has 3 heteroatoms. The molecule has 0 amide bonds. The van der Waals surface area contributed by atoms with Gasteiger partial charge in [-0.1, -0.05) is 0 Å². The third-order valence-electron chi connectivity index (χ3n) is 1.54. The Morgan fingerprint density at radius 2 is 2.33 bits per heavy atom. The highest BCUT2D eigenvalue weighted by molar-refractivity contribution is 7.80. The van der Waals surface area contributed by atoms with Gasteiger partial charge in [-0.15, -0.1) is 0 Å². The van der Waals surface area contributed by atoms with Gasteiger partial charge in [0, 0.05) is 20.1 Å². The lowest BCUT2D eigenvalue weighted by Gasteiger charge is -2.15. The molecule has 1 aliphatic rings. The van der Waals surface area contributed by atoms with Gasteiger partial charge in [-0.25, -0.2) is 0 Å². The van der Waals surface area contributed by atoms with Crippen molar-refractivity contribution in [1.29, 1.82) is 0 Å². The van der Waals surface area contributed by atoms with Gasteiger partial charge in [-0.2, -0.15) is 0 Å². The molecule has 1 aliphatic heterocycles. The summed E-state index contributed by atoms with van der Waals surface area (Å²) in [6.45, 7) is 2.15. The fraction of sp³-hybridized carbons (Fsp3) is 0.833. The van der Waals surface area contributed by atoms with Gasteiger partial charge >= 0.3 is 0 Å². The minimum absolute atomic E-state index is 0.896. The Morgan fingerprint density at radius 1 is 1.56 bits per heavy atom. The minimum atomic E-state index is 0.896. The summed E-state index contributed by atoms with van der Waals surface area (Å²) >= 11 is 5.03. The van der Waals surface area contributed by atoms with Crippen molar-refractivity contribution in [3.05, 3.63) is 0 Å². The van der Waals surface area contributed by atoms with E-state index in [0.29, 0.717) is 0 Å². The molecule has 1 heterocycles. The highest BCUT2D eigenvalue weighted by Gasteiger charge is 2.05. The van der Waals surface area contributed by atoms with E-state index in [1.54, 1.807) is 0 Å². The molecule has 52 valence electrons. The fourth-order valence-electron chi connectivity index (χ4n) is 0.906. The van der Waals surface area contributed by atoms with Crippen LogP contribution in [0.25, 0.3) is 0 Å². The molecule has 0 aromatic carbocycles. The molecule has 1 fully saturated rings. The highest BCUT2D eigenvalue weighted by atomic mass is 32.1. The maximum atomic E-state index is 5.03. The quantitative estimate of drug-likeness (QED) is 0.501. The largest absolute Gasteiger partial charge is 0.363 e. The Bertz CT molecular complexity index is 114. The second-order valence-electron chi connectivity index (χ2n) is 2.36. The zero-order valence-electron chi connectivity index (χ0n) is 5.68. The van der Waals surface area contributed by atoms with Crippen LogP contribution in [0, 0.1) is 0 Å². The zero-order chi connectivity index (χ0) is 6.69. The molecule has 9 heavy (non-hydrogen) atoms. The fourth-order valence-corrected chi connectivity index (χ4v) is 1.10. The summed E-state index contributed by atoms with van der Waals surface area (Å²) in [4.78, 5) is 2.09. The summed E-state index contributed by atoms with van der Waals surface area (Å²) in [5, 5.41) is 4.05. The standard InChI is InChI=1S/C6H12N2S/c1-8-5-3-2-4-7-6(8)9/h2-5H2,1H3,(H,7,9). The summed E-state index contributed by atoms with van der Waals surface area (Å²) in [6.07, 6.45) is 2.49. The number of nitrogens with zero attached hydrogens (tertiary/aromatic N) is 1. The second kappa shape index (κ2) is 3.01. The van der Waals surface area contributed by atoms with Crippen LogP contribution in [0.4, 0.5) is 0 Å². The first kappa shape index (κ1) is 6.81. The van der Waals surface area contributed by atoms with Crippen molar-refractivity contribution in [3.63, 3.8) is 0 Å². The van der Waals surface area contributed by atoms with E-state index in [1.165, 1.54) is 12.8 Å². The van der Waals surface area contributed by atoms with Gasteiger partial charge in [0.15, 0.2) is 5.11 Å². The lowest BCUT2D eigenvalue weighted by atomic mass is 10.3. The van der Waals surface area contributed by atoms with Crippen molar-refractivity contribution in [2.45, 2.75) is 12.8 Å². The van der Waals surface area contributed by atoms with Crippen molar-refractivity contribution < 1.29 is 0 Å². The zero-order valence-corrected chi connectivity index (χ0v) is 6.50. The van der Waals surface area contributed by atoms with Gasteiger partial charge in [0.1, 0.15) is 0 Å². The van der Waals surface area contributed by atoms with E-state index in [2.05, 4.69) is 10.2 Å². The smallest absolute Gasteiger partial charge is 0.168 e. The van der Waals surface area contributed by atoms with Crippen LogP contribution < -0.4 is 5.32 Å². The molecular formula is C6H12N2S. The molecule has 1 N–H and O–H groups in total. The van der Waals surface area contributed by atoms with Crippen molar-refractivity contribution in [3.8, 4) is 0 Å². The molecule has 0 spiro atoms. The summed E-state index contributed by atoms with van der Waals surface area (Å²) in [6, 6.07) is 0. The molecule has 0 unspecified atom stereocenters. The normalized spacial score (nSPS) is 21.0. The summed E-state index contributed by atoms with van der Waals surface area (Å²) < 4.78 is 0. The van der Waals surface area contributed by atoms with Crippen molar-refractivity contribution in [2.75, 3.05) is 20.1 Å². The predicted molar refractivity (Wildman–Crippen MR) is 42.5 cm³/mol. The topological polar surface area (TPSA) is 15.3 Å². The van der Waals surface area contributed by atoms with Crippen molar-refractivity contribution in [1.82, 2.24) is 10.2 Å². The summed E-state index contributed by atoms with van der Waals surface area (Å²) in [7, 11) is 2.03. The number of thiocarbonyl (C=S) groups is 1. The van der Waals surface area contributed by atoms with E-state index in [9.17, 15) is 0 Å². The Morgan fingerprint density at radius 3 is 3.11 bits per heavy atom. The number of nitrogens with one attached hydrogen (secondary N) is 1. The molecule has 1 rings (SSSR count). The first-order chi connectivity index (χ1) is 4.30. The molecule has 0 aliphatic carbocycles. The molecule has 0 saturated carbocycles. The maximum Gasteiger partial charge on any atom is 0.168 e. The number of rotatable bonds is 0. The van der Waals surface area contributed by atoms with Gasteiger partial charge in [0.05, 0.1) is 0 Å². The Kier molecular flexibility index (Phi) is 2.28. The van der Waals surface area contributed by atoms with Gasteiger partial charge in [-0.3, -0.25) is 0 Å². The Hall–Kier alpha value is -0.310. The minimum Gasteiger partial charge on any atom is -0.363 e. The molecular weight excluding hydrogens is 132 g/mol. The highest BCUT2D eigenvalue weighted by Crippen LogP contribution is 1.97. The summed E-state index contributed by atoms with van der Waals surface area (Å²) in [5.74, 6) is 0. The van der Waals surface area contributed by atoms with Crippen LogP contribution in [-0.4, -0.2) is 30.1 Å². The lowest BCUT2D eigenvalue weighted by Crippen LogP contribution is -2.34. The number of hydrogen-bond donors (Lipinski definition) is 1. The van der Waals surface area contributed by atoms with Crippen LogP contribution in [0.15, 0.2) is 0 Å². The Balaban J connectivity index is 2.41. The SMILES string of the molecule is CN1CCCCNC1=S. The molecule has 0 bridgehead atoms. The van der Waals surface area contributed by atoms with Crippen LogP contribution in [0.5, 0.6) is 0 Å². The molecule has 0 radical (unpaired) electrons. The predicted octanol–water partition coefficient (Wildman–Crippen LogP) is 0.587. The second-order valence-corrected chi connectivity index (χ2v) is 2.75. The first-order valence-electron chi connectivity index (χ1n) is 3.29. The van der Waals surface area contributed by atoms with Crippen LogP contribution in [0.2, 0.25) is 0 Å². The average Bonchev–Trinajstić information content (AvgIpc) is 1.99. The number of hydrogen-bond acceptors (Lipinski definition) is 1. The van der Waals surface area contributed by atoms with Crippen LogP contribution >= 0.6 is 12.2 Å². The van der Waals surface area contributed by atoms with Crippen molar-refractivity contribution >= 4 is 17.3 Å². The molecule has 0 aromatic heterocycles. The van der Waals surface area contributed by atoms with Gasteiger partial charge in [0.25, 0.3) is 0 Å². The summed E-state index contributed by atoms with van der Waals surface area (Å²) in [5.41, 5.74) is 0. The van der Waals surface area contributed by atoms with E-state index in [0.717, 1.165) is 18.2 Å². The average molecular weight is 144 g/mol. The van der Waals surface area contributed by atoms with Gasteiger partial charge < -0.3 is 10.2 Å². The third-order valence-corrected chi connectivity index (χ3v) is 2.00. The van der Waals surface area contributed by atoms with Crippen LogP contribution in [0.1, 0.15) is 12.8 Å². The Labute approximate surface area is 61.2 Å². The molecule has 1 saturated heterocycles. The van der Waals surface area contributed by atoms with E-state index in [4.69, 9.17) is 12.2 Å². The van der Waals surface area contributed by atoms with Crippen LogP contribution in [-0.2, 0) is 0 Å². The maximum absolute atomic E-state index is 5.03.